The number of carbonyl (C=O) groups excluding carboxylic acids is 3. The Morgan fingerprint density at radius 2 is 1.71 bits per heavy atom. The van der Waals surface area contributed by atoms with Crippen molar-refractivity contribution >= 4 is 17.7 Å². The van der Waals surface area contributed by atoms with E-state index < -0.39 is 34.4 Å². The first-order chi connectivity index (χ1) is 14.9. The van der Waals surface area contributed by atoms with Gasteiger partial charge in [-0.3, -0.25) is 14.4 Å². The molecule has 5 rings (SSSR count). The lowest BCUT2D eigenvalue weighted by atomic mass is 9.85. The molecule has 3 aliphatic rings. The molecule has 2 aromatic rings. The van der Waals surface area contributed by atoms with Crippen molar-refractivity contribution in [2.45, 2.75) is 51.0 Å². The van der Waals surface area contributed by atoms with Crippen LogP contribution >= 0.6 is 0 Å². The van der Waals surface area contributed by atoms with E-state index in [4.69, 9.17) is 4.74 Å². The zero-order valence-corrected chi connectivity index (χ0v) is 17.3. The number of fused-ring (bicyclic) bond motifs is 3. The first-order valence-corrected chi connectivity index (χ1v) is 10.8. The number of benzene rings is 2. The molecule has 0 saturated heterocycles. The highest BCUT2D eigenvalue weighted by atomic mass is 19.1. The highest BCUT2D eigenvalue weighted by molar-refractivity contribution is 6.21. The van der Waals surface area contributed by atoms with Gasteiger partial charge in [0.25, 0.3) is 0 Å². The van der Waals surface area contributed by atoms with Crippen LogP contribution in [0.3, 0.4) is 0 Å². The first kappa shape index (κ1) is 19.9. The van der Waals surface area contributed by atoms with E-state index in [1.54, 1.807) is 25.1 Å². The van der Waals surface area contributed by atoms with E-state index in [9.17, 15) is 18.8 Å². The molecule has 1 heterocycles. The van der Waals surface area contributed by atoms with Crippen molar-refractivity contribution in [3.63, 3.8) is 0 Å². The van der Waals surface area contributed by atoms with Gasteiger partial charge in [-0.2, -0.15) is 0 Å². The Labute approximate surface area is 180 Å². The molecule has 2 aromatic carbocycles. The van der Waals surface area contributed by atoms with E-state index >= 15 is 0 Å². The van der Waals surface area contributed by atoms with Gasteiger partial charge in [-0.15, -0.1) is 0 Å². The van der Waals surface area contributed by atoms with E-state index in [1.165, 1.54) is 24.3 Å². The lowest BCUT2D eigenvalue weighted by Crippen LogP contribution is -2.49. The molecule has 3 atom stereocenters. The largest absolute Gasteiger partial charge is 0.425 e. The monoisotopic (exact) mass is 421 g/mol. The Balaban J connectivity index is 1.59. The highest BCUT2D eigenvalue weighted by Gasteiger charge is 2.88. The lowest BCUT2D eigenvalue weighted by molar-refractivity contribution is -0.149. The van der Waals surface area contributed by atoms with Gasteiger partial charge in [0.2, 0.25) is 5.91 Å². The van der Waals surface area contributed by atoms with Gasteiger partial charge < -0.3 is 10.1 Å². The summed E-state index contributed by atoms with van der Waals surface area (Å²) in [5, 5.41) is 3.05. The van der Waals surface area contributed by atoms with Crippen LogP contribution in [-0.2, 0) is 9.59 Å². The Bertz CT molecular complexity index is 1080. The van der Waals surface area contributed by atoms with E-state index in [2.05, 4.69) is 5.32 Å². The van der Waals surface area contributed by atoms with Gasteiger partial charge in [0.1, 0.15) is 11.6 Å². The Morgan fingerprint density at radius 3 is 2.42 bits per heavy atom. The summed E-state index contributed by atoms with van der Waals surface area (Å²) in [6.07, 6.45) is 4.92. The van der Waals surface area contributed by atoms with Gasteiger partial charge in [-0.25, -0.2) is 4.39 Å². The van der Waals surface area contributed by atoms with Crippen LogP contribution in [0.5, 0.6) is 5.75 Å². The summed E-state index contributed by atoms with van der Waals surface area (Å²) in [6.45, 7) is 1.66. The molecular formula is C25H24FNO4. The van der Waals surface area contributed by atoms with Crippen LogP contribution in [0.25, 0.3) is 0 Å². The van der Waals surface area contributed by atoms with E-state index in [0.29, 0.717) is 11.3 Å². The van der Waals surface area contributed by atoms with Gasteiger partial charge in [0.15, 0.2) is 11.2 Å². The number of ketones is 1. The number of Topliss-reactive ketones (excluding diaryl/α,β-unsaturated/α-hetero) is 1. The number of para-hydroxylation sites is 1. The minimum absolute atomic E-state index is 0.00739. The van der Waals surface area contributed by atoms with Crippen LogP contribution in [0.1, 0.15) is 60.9 Å². The SMILES string of the molecule is CC1(C(=O)c2ccc(F)cc2)C2c3ccccc3OC(=O)C21C(=O)NC1CCCCC1. The van der Waals surface area contributed by atoms with Crippen molar-refractivity contribution in [3.8, 4) is 5.75 Å². The van der Waals surface area contributed by atoms with Crippen LogP contribution in [0.15, 0.2) is 48.5 Å². The molecule has 2 fully saturated rings. The third-order valence-electron chi connectivity index (χ3n) is 7.38. The van der Waals surface area contributed by atoms with E-state index in [-0.39, 0.29) is 17.4 Å². The number of halogens is 1. The molecule has 1 N–H and O–H groups in total. The fourth-order valence-corrected chi connectivity index (χ4v) is 5.70. The van der Waals surface area contributed by atoms with Gasteiger partial charge in [-0.1, -0.05) is 37.5 Å². The summed E-state index contributed by atoms with van der Waals surface area (Å²) in [5.74, 6) is -2.19. The molecule has 0 bridgehead atoms. The van der Waals surface area contributed by atoms with E-state index in [0.717, 1.165) is 32.1 Å². The number of ether oxygens (including phenoxy) is 1. The second kappa shape index (κ2) is 7.01. The maximum Gasteiger partial charge on any atom is 0.328 e. The number of hydrogen-bond donors (Lipinski definition) is 1. The zero-order valence-electron chi connectivity index (χ0n) is 17.3. The fourth-order valence-electron chi connectivity index (χ4n) is 5.70. The predicted octanol–water partition coefficient (Wildman–Crippen LogP) is 4.17. The molecule has 2 aliphatic carbocycles. The maximum absolute atomic E-state index is 13.7. The molecule has 160 valence electrons. The Morgan fingerprint density at radius 1 is 1.03 bits per heavy atom. The van der Waals surface area contributed by atoms with E-state index in [1.807, 2.05) is 6.07 Å². The van der Waals surface area contributed by atoms with Crippen molar-refractivity contribution < 1.29 is 23.5 Å². The quantitative estimate of drug-likeness (QED) is 0.348. The molecule has 1 aliphatic heterocycles. The molecule has 5 nitrogen and oxygen atoms in total. The van der Waals surface area contributed by atoms with Crippen LogP contribution in [0, 0.1) is 16.6 Å². The van der Waals surface area contributed by atoms with Crippen LogP contribution in [-0.4, -0.2) is 23.7 Å². The van der Waals surface area contributed by atoms with Gasteiger partial charge in [0.05, 0.1) is 5.41 Å². The number of amides is 1. The molecule has 6 heteroatoms. The van der Waals surface area contributed by atoms with Crippen molar-refractivity contribution in [2.24, 2.45) is 10.8 Å². The first-order valence-electron chi connectivity index (χ1n) is 10.8. The minimum atomic E-state index is -1.62. The molecule has 1 amide bonds. The number of hydrogen-bond acceptors (Lipinski definition) is 4. The van der Waals surface area contributed by atoms with Crippen LogP contribution in [0.2, 0.25) is 0 Å². The van der Waals surface area contributed by atoms with Gasteiger partial charge in [-0.05, 0) is 50.1 Å². The average molecular weight is 421 g/mol. The minimum Gasteiger partial charge on any atom is -0.425 e. The zero-order chi connectivity index (χ0) is 21.8. The summed E-state index contributed by atoms with van der Waals surface area (Å²) in [5.41, 5.74) is -1.98. The third-order valence-corrected chi connectivity index (χ3v) is 7.38. The average Bonchev–Trinajstić information content (AvgIpc) is 3.38. The number of carbonyl (C=O) groups is 3. The molecule has 0 aromatic heterocycles. The Hall–Kier alpha value is -3.02. The number of rotatable bonds is 4. The summed E-state index contributed by atoms with van der Waals surface area (Å²) in [7, 11) is 0. The smallest absolute Gasteiger partial charge is 0.328 e. The van der Waals surface area contributed by atoms with Gasteiger partial charge >= 0.3 is 5.97 Å². The standard InChI is InChI=1S/C25H24FNO4/c1-24(21(28)15-11-13-16(26)14-12-15)20-18-9-5-6-10-19(18)31-23(30)25(20,24)22(29)27-17-7-3-2-4-8-17/h5-6,9-14,17,20H,2-4,7-8H2,1H3,(H,27,29). The summed E-state index contributed by atoms with van der Waals surface area (Å²) in [4.78, 5) is 40.6. The Kier molecular flexibility index (Phi) is 4.50. The molecule has 3 unspecified atom stereocenters. The van der Waals surface area contributed by atoms with Crippen molar-refractivity contribution in [3.05, 3.63) is 65.5 Å². The molecule has 2 saturated carbocycles. The molecular weight excluding hydrogens is 397 g/mol. The van der Waals surface area contributed by atoms with Crippen LogP contribution in [0.4, 0.5) is 4.39 Å². The van der Waals surface area contributed by atoms with Gasteiger partial charge in [0, 0.05) is 23.1 Å². The second-order valence-corrected chi connectivity index (χ2v) is 9.02. The predicted molar refractivity (Wildman–Crippen MR) is 111 cm³/mol. The normalized spacial score (nSPS) is 29.4. The molecule has 0 spiro atoms. The molecule has 0 radical (unpaired) electrons. The van der Waals surface area contributed by atoms with Crippen molar-refractivity contribution in [1.82, 2.24) is 5.32 Å². The third kappa shape index (κ3) is 2.70. The summed E-state index contributed by atoms with van der Waals surface area (Å²) >= 11 is 0. The fraction of sp³-hybridized carbons (Fsp3) is 0.400. The summed E-state index contributed by atoms with van der Waals surface area (Å²) in [6, 6.07) is 12.3. The van der Waals surface area contributed by atoms with Crippen molar-refractivity contribution in [1.29, 1.82) is 0 Å². The van der Waals surface area contributed by atoms with Crippen molar-refractivity contribution in [2.75, 3.05) is 0 Å². The second-order valence-electron chi connectivity index (χ2n) is 9.02. The summed E-state index contributed by atoms with van der Waals surface area (Å²) < 4.78 is 19.0. The number of nitrogens with one attached hydrogen (secondary N) is 1. The molecule has 31 heavy (non-hydrogen) atoms. The highest BCUT2D eigenvalue weighted by Crippen LogP contribution is 2.78. The topological polar surface area (TPSA) is 72.5 Å². The van der Waals surface area contributed by atoms with Crippen LogP contribution < -0.4 is 10.1 Å². The lowest BCUT2D eigenvalue weighted by Gasteiger charge is -2.28. The number of esters is 1. The maximum atomic E-state index is 13.7.